The highest BCUT2D eigenvalue weighted by molar-refractivity contribution is 8.00. The molecule has 1 aliphatic heterocycles. The summed E-state index contributed by atoms with van der Waals surface area (Å²) in [6.07, 6.45) is 0.616. The predicted octanol–water partition coefficient (Wildman–Crippen LogP) is 1.74. The minimum Gasteiger partial charge on any atom is -0.343 e. The third kappa shape index (κ3) is 3.62. The Hall–Kier alpha value is -2.28. The van der Waals surface area contributed by atoms with Gasteiger partial charge in [-0.25, -0.2) is 0 Å². The summed E-state index contributed by atoms with van der Waals surface area (Å²) in [7, 11) is 1.82. The first-order valence-electron chi connectivity index (χ1n) is 7.84. The maximum Gasteiger partial charge on any atom is 0.250 e. The Kier molecular flexibility index (Phi) is 4.89. The van der Waals surface area contributed by atoms with Crippen LogP contribution in [0.2, 0.25) is 0 Å². The monoisotopic (exact) mass is 344 g/mol. The van der Waals surface area contributed by atoms with Gasteiger partial charge in [-0.2, -0.15) is 5.10 Å². The van der Waals surface area contributed by atoms with Crippen molar-refractivity contribution >= 4 is 29.4 Å². The van der Waals surface area contributed by atoms with Gasteiger partial charge >= 0.3 is 0 Å². The van der Waals surface area contributed by atoms with Gasteiger partial charge in [0.1, 0.15) is 11.9 Å². The summed E-state index contributed by atoms with van der Waals surface area (Å²) >= 11 is 1.47. The molecule has 2 aromatic rings. The third-order valence-electron chi connectivity index (χ3n) is 3.91. The van der Waals surface area contributed by atoms with Gasteiger partial charge in [-0.15, -0.1) is 11.8 Å². The van der Waals surface area contributed by atoms with Gasteiger partial charge in [0.05, 0.1) is 11.4 Å². The molecule has 1 atom stereocenters. The molecule has 1 aliphatic rings. The fourth-order valence-electron chi connectivity index (χ4n) is 2.79. The van der Waals surface area contributed by atoms with Crippen molar-refractivity contribution in [2.75, 3.05) is 17.2 Å². The molecule has 6 nitrogen and oxygen atoms in total. The number of carbonyl (C=O) groups is 2. The van der Waals surface area contributed by atoms with Gasteiger partial charge in [0.15, 0.2) is 0 Å². The Morgan fingerprint density at radius 1 is 1.38 bits per heavy atom. The van der Waals surface area contributed by atoms with Crippen LogP contribution in [0.1, 0.15) is 12.1 Å². The van der Waals surface area contributed by atoms with Crippen LogP contribution in [0.3, 0.4) is 0 Å². The number of carbonyl (C=O) groups excluding carboxylic acids is 2. The molecule has 1 saturated heterocycles. The van der Waals surface area contributed by atoms with Crippen molar-refractivity contribution in [3.8, 4) is 0 Å². The molecule has 0 aliphatic carbocycles. The quantitative estimate of drug-likeness (QED) is 0.839. The minimum absolute atomic E-state index is 0.0731. The van der Waals surface area contributed by atoms with E-state index in [4.69, 9.17) is 0 Å². The SMILES string of the molecule is Cc1cc(N2CC[C@H](NC(=O)CSc3ccccc3)C2=O)n(C)n1. The summed E-state index contributed by atoms with van der Waals surface area (Å²) in [6.45, 7) is 2.48. The van der Waals surface area contributed by atoms with Crippen molar-refractivity contribution in [1.82, 2.24) is 15.1 Å². The zero-order valence-corrected chi connectivity index (χ0v) is 14.5. The number of hydrogen-bond acceptors (Lipinski definition) is 4. The molecule has 126 valence electrons. The van der Waals surface area contributed by atoms with Crippen LogP contribution in [-0.2, 0) is 16.6 Å². The van der Waals surface area contributed by atoms with E-state index in [1.165, 1.54) is 11.8 Å². The molecule has 24 heavy (non-hydrogen) atoms. The number of amides is 2. The molecule has 7 heteroatoms. The second kappa shape index (κ2) is 7.09. The zero-order chi connectivity index (χ0) is 17.1. The average molecular weight is 344 g/mol. The number of aryl methyl sites for hydroxylation is 2. The maximum absolute atomic E-state index is 12.5. The highest BCUT2D eigenvalue weighted by Gasteiger charge is 2.34. The first-order chi connectivity index (χ1) is 11.5. The molecule has 3 rings (SSSR count). The van der Waals surface area contributed by atoms with E-state index in [1.807, 2.05) is 50.4 Å². The van der Waals surface area contributed by atoms with E-state index in [1.54, 1.807) is 9.58 Å². The normalized spacial score (nSPS) is 17.3. The Morgan fingerprint density at radius 2 is 2.12 bits per heavy atom. The van der Waals surface area contributed by atoms with Crippen molar-refractivity contribution in [3.05, 3.63) is 42.1 Å². The molecular formula is C17H20N4O2S. The number of anilines is 1. The van der Waals surface area contributed by atoms with E-state index in [0.717, 1.165) is 16.4 Å². The van der Waals surface area contributed by atoms with E-state index in [2.05, 4.69) is 10.4 Å². The summed E-state index contributed by atoms with van der Waals surface area (Å²) in [5, 5.41) is 7.12. The van der Waals surface area contributed by atoms with Crippen molar-refractivity contribution in [1.29, 1.82) is 0 Å². The molecule has 0 spiro atoms. The predicted molar refractivity (Wildman–Crippen MR) is 94.0 cm³/mol. The molecule has 1 aromatic carbocycles. The van der Waals surface area contributed by atoms with Crippen molar-refractivity contribution in [2.45, 2.75) is 24.3 Å². The largest absolute Gasteiger partial charge is 0.343 e. The van der Waals surface area contributed by atoms with E-state index < -0.39 is 6.04 Å². The number of hydrogen-bond donors (Lipinski definition) is 1. The summed E-state index contributed by atoms with van der Waals surface area (Å²) in [4.78, 5) is 27.4. The second-order valence-corrected chi connectivity index (χ2v) is 6.82. The Balaban J connectivity index is 1.55. The smallest absolute Gasteiger partial charge is 0.250 e. The average Bonchev–Trinajstić information content (AvgIpc) is 3.08. The van der Waals surface area contributed by atoms with Gasteiger partial charge < -0.3 is 5.32 Å². The Morgan fingerprint density at radius 3 is 2.79 bits per heavy atom. The van der Waals surface area contributed by atoms with Crippen LogP contribution in [-0.4, -0.2) is 39.9 Å². The van der Waals surface area contributed by atoms with Crippen LogP contribution >= 0.6 is 11.8 Å². The number of rotatable bonds is 5. The maximum atomic E-state index is 12.5. The Labute approximate surface area is 145 Å². The van der Waals surface area contributed by atoms with Crippen molar-refractivity contribution in [2.24, 2.45) is 7.05 Å². The molecule has 1 aromatic heterocycles. The van der Waals surface area contributed by atoms with Crippen LogP contribution in [0.25, 0.3) is 0 Å². The second-order valence-electron chi connectivity index (χ2n) is 5.77. The molecule has 2 heterocycles. The molecule has 0 bridgehead atoms. The van der Waals surface area contributed by atoms with Gasteiger partial charge in [0.2, 0.25) is 5.91 Å². The topological polar surface area (TPSA) is 67.2 Å². The van der Waals surface area contributed by atoms with Crippen molar-refractivity contribution < 1.29 is 9.59 Å². The summed E-state index contributed by atoms with van der Waals surface area (Å²) in [5.74, 6) is 0.882. The first kappa shape index (κ1) is 16.6. The molecule has 2 amide bonds. The third-order valence-corrected chi connectivity index (χ3v) is 4.92. The number of aromatic nitrogens is 2. The lowest BCUT2D eigenvalue weighted by Crippen LogP contribution is -2.42. The molecule has 0 unspecified atom stereocenters. The minimum atomic E-state index is -0.455. The summed E-state index contributed by atoms with van der Waals surface area (Å²) < 4.78 is 1.70. The lowest BCUT2D eigenvalue weighted by Gasteiger charge is -2.17. The van der Waals surface area contributed by atoms with Crippen molar-refractivity contribution in [3.63, 3.8) is 0 Å². The first-order valence-corrected chi connectivity index (χ1v) is 8.82. The summed E-state index contributed by atoms with van der Waals surface area (Å²) in [6, 6.07) is 11.2. The van der Waals surface area contributed by atoms with E-state index in [9.17, 15) is 9.59 Å². The van der Waals surface area contributed by atoms with Gasteiger partial charge in [-0.3, -0.25) is 19.2 Å². The number of nitrogens with zero attached hydrogens (tertiary/aromatic N) is 3. The Bertz CT molecular complexity index is 744. The zero-order valence-electron chi connectivity index (χ0n) is 13.7. The van der Waals surface area contributed by atoms with E-state index in [-0.39, 0.29) is 11.8 Å². The van der Waals surface area contributed by atoms with Gasteiger partial charge in [0, 0.05) is 24.6 Å². The standard InChI is InChI=1S/C17H20N4O2S/c1-12-10-16(20(2)19-12)21-9-8-14(17(21)23)18-15(22)11-24-13-6-4-3-5-7-13/h3-7,10,14H,8-9,11H2,1-2H3,(H,18,22)/t14-/m0/s1. The van der Waals surface area contributed by atoms with Crippen LogP contribution in [0.5, 0.6) is 0 Å². The van der Waals surface area contributed by atoms with Gasteiger partial charge in [-0.05, 0) is 25.5 Å². The summed E-state index contributed by atoms with van der Waals surface area (Å²) in [5.41, 5.74) is 0.868. The molecule has 0 saturated carbocycles. The van der Waals surface area contributed by atoms with E-state index in [0.29, 0.717) is 18.7 Å². The molecule has 0 radical (unpaired) electrons. The molecule has 1 N–H and O–H groups in total. The van der Waals surface area contributed by atoms with Gasteiger partial charge in [-0.1, -0.05) is 18.2 Å². The van der Waals surface area contributed by atoms with Crippen LogP contribution in [0.15, 0.2) is 41.3 Å². The lowest BCUT2D eigenvalue weighted by molar-refractivity contribution is -0.124. The highest BCUT2D eigenvalue weighted by atomic mass is 32.2. The molecular weight excluding hydrogens is 324 g/mol. The highest BCUT2D eigenvalue weighted by Crippen LogP contribution is 2.22. The van der Waals surface area contributed by atoms with Crippen LogP contribution in [0.4, 0.5) is 5.82 Å². The number of benzene rings is 1. The fraction of sp³-hybridized carbons (Fsp3) is 0.353. The number of nitrogens with one attached hydrogen (secondary N) is 1. The van der Waals surface area contributed by atoms with Crippen LogP contribution < -0.4 is 10.2 Å². The van der Waals surface area contributed by atoms with E-state index >= 15 is 0 Å². The lowest BCUT2D eigenvalue weighted by atomic mass is 10.2. The van der Waals surface area contributed by atoms with Gasteiger partial charge in [0.25, 0.3) is 5.91 Å². The molecule has 1 fully saturated rings. The van der Waals surface area contributed by atoms with Crippen LogP contribution in [0, 0.1) is 6.92 Å². The fourth-order valence-corrected chi connectivity index (χ4v) is 3.52. The number of thioether (sulfide) groups is 1.